The first-order valence-corrected chi connectivity index (χ1v) is 5.40. The van der Waals surface area contributed by atoms with Gasteiger partial charge in [-0.05, 0) is 12.1 Å². The lowest BCUT2D eigenvalue weighted by Crippen LogP contribution is -2.31. The summed E-state index contributed by atoms with van der Waals surface area (Å²) in [6, 6.07) is 9.14. The molecule has 1 aromatic carbocycles. The number of carbonyl (C=O) groups is 1. The van der Waals surface area contributed by atoms with E-state index in [1.165, 1.54) is 0 Å². The Morgan fingerprint density at radius 3 is 2.82 bits per heavy atom. The van der Waals surface area contributed by atoms with Crippen LogP contribution in [-0.2, 0) is 6.54 Å². The molecule has 0 fully saturated rings. The van der Waals surface area contributed by atoms with Crippen LogP contribution in [0.2, 0.25) is 0 Å². The average Bonchev–Trinajstić information content (AvgIpc) is 2.83. The summed E-state index contributed by atoms with van der Waals surface area (Å²) < 4.78 is 1.91. The number of urea groups is 1. The van der Waals surface area contributed by atoms with Gasteiger partial charge in [0.05, 0.1) is 6.33 Å². The van der Waals surface area contributed by atoms with Crippen molar-refractivity contribution in [3.05, 3.63) is 49.1 Å². The summed E-state index contributed by atoms with van der Waals surface area (Å²) in [6.07, 6.45) is 5.29. The van der Waals surface area contributed by atoms with Crippen molar-refractivity contribution in [1.29, 1.82) is 0 Å². The van der Waals surface area contributed by atoms with Gasteiger partial charge in [-0.25, -0.2) is 9.78 Å². The molecule has 0 unspecified atom stereocenters. The number of hydrogen-bond acceptors (Lipinski definition) is 2. The van der Waals surface area contributed by atoms with Crippen molar-refractivity contribution in [3.63, 3.8) is 0 Å². The van der Waals surface area contributed by atoms with Crippen molar-refractivity contribution in [1.82, 2.24) is 14.9 Å². The van der Waals surface area contributed by atoms with Gasteiger partial charge in [0.25, 0.3) is 0 Å². The van der Waals surface area contributed by atoms with E-state index in [1.807, 2.05) is 41.1 Å². The van der Waals surface area contributed by atoms with Crippen LogP contribution in [0.1, 0.15) is 0 Å². The number of nitrogens with one attached hydrogen (secondary N) is 2. The molecule has 88 valence electrons. The van der Waals surface area contributed by atoms with Crippen LogP contribution in [0.25, 0.3) is 0 Å². The molecule has 0 spiro atoms. The third kappa shape index (κ3) is 3.64. The van der Waals surface area contributed by atoms with Gasteiger partial charge >= 0.3 is 6.03 Å². The molecule has 0 radical (unpaired) electrons. The number of benzene rings is 1. The first-order chi connectivity index (χ1) is 8.34. The Morgan fingerprint density at radius 2 is 2.12 bits per heavy atom. The summed E-state index contributed by atoms with van der Waals surface area (Å²) in [5, 5.41) is 5.52. The third-order valence-corrected chi connectivity index (χ3v) is 2.25. The van der Waals surface area contributed by atoms with Crippen molar-refractivity contribution in [3.8, 4) is 0 Å². The highest BCUT2D eigenvalue weighted by molar-refractivity contribution is 5.89. The smallest absolute Gasteiger partial charge is 0.319 e. The van der Waals surface area contributed by atoms with E-state index in [0.29, 0.717) is 13.1 Å². The number of hydrogen-bond donors (Lipinski definition) is 2. The minimum absolute atomic E-state index is 0.198. The fourth-order valence-electron chi connectivity index (χ4n) is 1.41. The van der Waals surface area contributed by atoms with Gasteiger partial charge in [-0.1, -0.05) is 18.2 Å². The zero-order valence-electron chi connectivity index (χ0n) is 9.34. The number of nitrogens with zero attached hydrogens (tertiary/aromatic N) is 2. The predicted octanol–water partition coefficient (Wildman–Crippen LogP) is 1.70. The normalized spacial score (nSPS) is 9.88. The fourth-order valence-corrected chi connectivity index (χ4v) is 1.41. The summed E-state index contributed by atoms with van der Waals surface area (Å²) >= 11 is 0. The topological polar surface area (TPSA) is 59.0 Å². The number of rotatable bonds is 4. The average molecular weight is 230 g/mol. The molecule has 17 heavy (non-hydrogen) atoms. The highest BCUT2D eigenvalue weighted by Crippen LogP contribution is 2.03. The van der Waals surface area contributed by atoms with Crippen molar-refractivity contribution in [2.24, 2.45) is 0 Å². The summed E-state index contributed by atoms with van der Waals surface area (Å²) in [7, 11) is 0. The van der Waals surface area contributed by atoms with Gasteiger partial charge in [0.15, 0.2) is 0 Å². The summed E-state index contributed by atoms with van der Waals surface area (Å²) in [5.41, 5.74) is 0.785. The highest BCUT2D eigenvalue weighted by atomic mass is 16.2. The minimum atomic E-state index is -0.198. The van der Waals surface area contributed by atoms with Crippen LogP contribution in [0.15, 0.2) is 49.1 Å². The molecule has 0 atom stereocenters. The van der Waals surface area contributed by atoms with E-state index in [-0.39, 0.29) is 6.03 Å². The molecule has 0 aliphatic carbocycles. The Morgan fingerprint density at radius 1 is 1.29 bits per heavy atom. The van der Waals surface area contributed by atoms with Gasteiger partial charge in [-0.3, -0.25) is 0 Å². The predicted molar refractivity (Wildman–Crippen MR) is 65.7 cm³/mol. The largest absolute Gasteiger partial charge is 0.336 e. The Balaban J connectivity index is 1.71. The van der Waals surface area contributed by atoms with E-state index in [9.17, 15) is 4.79 Å². The quantitative estimate of drug-likeness (QED) is 0.840. The maximum absolute atomic E-state index is 11.5. The van der Waals surface area contributed by atoms with Crippen LogP contribution >= 0.6 is 0 Å². The highest BCUT2D eigenvalue weighted by Gasteiger charge is 1.99. The standard InChI is InChI=1S/C12H14N4O/c17-12(15-11-4-2-1-3-5-11)14-7-9-16-8-6-13-10-16/h1-6,8,10H,7,9H2,(H2,14,15,17). The van der Waals surface area contributed by atoms with E-state index in [0.717, 1.165) is 5.69 Å². The number of aromatic nitrogens is 2. The molecule has 2 N–H and O–H groups in total. The zero-order chi connectivity index (χ0) is 11.9. The van der Waals surface area contributed by atoms with Gasteiger partial charge in [0.2, 0.25) is 0 Å². The maximum atomic E-state index is 11.5. The van der Waals surface area contributed by atoms with Gasteiger partial charge in [-0.2, -0.15) is 0 Å². The van der Waals surface area contributed by atoms with Crippen LogP contribution < -0.4 is 10.6 Å². The van der Waals surface area contributed by atoms with Crippen LogP contribution in [0.4, 0.5) is 10.5 Å². The van der Waals surface area contributed by atoms with Gasteiger partial charge in [-0.15, -0.1) is 0 Å². The lowest BCUT2D eigenvalue weighted by Gasteiger charge is -2.07. The molecule has 1 heterocycles. The second-order valence-electron chi connectivity index (χ2n) is 3.55. The lowest BCUT2D eigenvalue weighted by atomic mass is 10.3. The molecule has 0 saturated carbocycles. The SMILES string of the molecule is O=C(NCCn1ccnc1)Nc1ccccc1. The van der Waals surface area contributed by atoms with E-state index in [2.05, 4.69) is 15.6 Å². The van der Waals surface area contributed by atoms with E-state index < -0.39 is 0 Å². The van der Waals surface area contributed by atoms with E-state index in [4.69, 9.17) is 0 Å². The fraction of sp³-hybridized carbons (Fsp3) is 0.167. The van der Waals surface area contributed by atoms with E-state index in [1.54, 1.807) is 12.5 Å². The van der Waals surface area contributed by atoms with Crippen molar-refractivity contribution >= 4 is 11.7 Å². The number of imidazole rings is 1. The Labute approximate surface area is 99.5 Å². The molecule has 0 saturated heterocycles. The summed E-state index contributed by atoms with van der Waals surface area (Å²) in [6.45, 7) is 1.28. The lowest BCUT2D eigenvalue weighted by molar-refractivity contribution is 0.251. The van der Waals surface area contributed by atoms with Crippen molar-refractivity contribution < 1.29 is 4.79 Å². The third-order valence-electron chi connectivity index (χ3n) is 2.25. The van der Waals surface area contributed by atoms with Crippen molar-refractivity contribution in [2.75, 3.05) is 11.9 Å². The number of carbonyl (C=O) groups excluding carboxylic acids is 1. The second kappa shape index (κ2) is 5.69. The summed E-state index contributed by atoms with van der Waals surface area (Å²) in [5.74, 6) is 0. The van der Waals surface area contributed by atoms with Gasteiger partial charge < -0.3 is 15.2 Å². The van der Waals surface area contributed by atoms with Crippen LogP contribution in [0.5, 0.6) is 0 Å². The van der Waals surface area contributed by atoms with Crippen molar-refractivity contribution in [2.45, 2.75) is 6.54 Å². The molecule has 5 heteroatoms. The number of para-hydroxylation sites is 1. The molecule has 1 aromatic heterocycles. The molecule has 0 bridgehead atoms. The van der Waals surface area contributed by atoms with E-state index >= 15 is 0 Å². The molecule has 2 aromatic rings. The molecule has 5 nitrogen and oxygen atoms in total. The van der Waals surface area contributed by atoms with Crippen LogP contribution in [0.3, 0.4) is 0 Å². The van der Waals surface area contributed by atoms with Gasteiger partial charge in [0.1, 0.15) is 0 Å². The number of amides is 2. The Bertz CT molecular complexity index is 453. The summed E-state index contributed by atoms with van der Waals surface area (Å²) in [4.78, 5) is 15.4. The molecular formula is C12H14N4O. The molecule has 2 rings (SSSR count). The van der Waals surface area contributed by atoms with Gasteiger partial charge in [0, 0.05) is 31.2 Å². The molecule has 0 aliphatic rings. The Kier molecular flexibility index (Phi) is 3.75. The maximum Gasteiger partial charge on any atom is 0.319 e. The monoisotopic (exact) mass is 230 g/mol. The molecular weight excluding hydrogens is 216 g/mol. The first kappa shape index (κ1) is 11.2. The second-order valence-corrected chi connectivity index (χ2v) is 3.55. The number of anilines is 1. The van der Waals surface area contributed by atoms with Crippen LogP contribution in [-0.4, -0.2) is 22.1 Å². The molecule has 2 amide bonds. The van der Waals surface area contributed by atoms with Crippen LogP contribution in [0, 0.1) is 0 Å². The first-order valence-electron chi connectivity index (χ1n) is 5.40. The minimum Gasteiger partial charge on any atom is -0.336 e. The zero-order valence-corrected chi connectivity index (χ0v) is 9.34. The Hall–Kier alpha value is -2.30. The molecule has 0 aliphatic heterocycles.